The van der Waals surface area contributed by atoms with Gasteiger partial charge in [0.2, 0.25) is 0 Å². The molecule has 0 aromatic carbocycles. The minimum Gasteiger partial charge on any atom is -0.317 e. The van der Waals surface area contributed by atoms with Gasteiger partial charge in [0, 0.05) is 12.6 Å². The molecule has 0 radical (unpaired) electrons. The van der Waals surface area contributed by atoms with Crippen LogP contribution in [0.3, 0.4) is 0 Å². The van der Waals surface area contributed by atoms with E-state index >= 15 is 0 Å². The zero-order valence-electron chi connectivity index (χ0n) is 8.21. The van der Waals surface area contributed by atoms with Crippen molar-refractivity contribution >= 4 is 12.8 Å². The summed E-state index contributed by atoms with van der Waals surface area (Å²) in [5.74, 6) is 0.898. The van der Waals surface area contributed by atoms with E-state index in [4.69, 9.17) is 0 Å². The van der Waals surface area contributed by atoms with Gasteiger partial charge in [-0.3, -0.25) is 0 Å². The molecule has 0 spiro atoms. The summed E-state index contributed by atoms with van der Waals surface area (Å²) in [7, 11) is 0. The van der Waals surface area contributed by atoms with Gasteiger partial charge >= 0.3 is 0 Å². The van der Waals surface area contributed by atoms with Crippen LogP contribution in [-0.4, -0.2) is 30.0 Å². The summed E-state index contributed by atoms with van der Waals surface area (Å²) in [6.45, 7) is 3.57. The Hall–Kier alpha value is 0.270. The number of thiol groups is 1. The first-order valence-electron chi connectivity index (χ1n) is 5.54. The summed E-state index contributed by atoms with van der Waals surface area (Å²) in [5, 5.41) is 3.48. The van der Waals surface area contributed by atoms with Crippen molar-refractivity contribution in [2.24, 2.45) is 5.92 Å². The lowest BCUT2D eigenvalue weighted by Crippen LogP contribution is -2.33. The van der Waals surface area contributed by atoms with Crippen LogP contribution in [0.4, 0.5) is 0 Å². The quantitative estimate of drug-likeness (QED) is 0.579. The molecule has 2 nitrogen and oxygen atoms in total. The third-order valence-electron chi connectivity index (χ3n) is 3.45. The molecule has 0 aliphatic carbocycles. The smallest absolute Gasteiger partial charge is 0.0241 e. The van der Waals surface area contributed by atoms with Crippen LogP contribution in [0.5, 0.6) is 0 Å². The van der Waals surface area contributed by atoms with E-state index in [2.05, 4.69) is 22.4 Å². The molecule has 0 bridgehead atoms. The van der Waals surface area contributed by atoms with E-state index in [-0.39, 0.29) is 0 Å². The van der Waals surface area contributed by atoms with E-state index in [1.54, 1.807) is 0 Å². The molecule has 13 heavy (non-hydrogen) atoms. The summed E-state index contributed by atoms with van der Waals surface area (Å²) < 4.78 is 2.30. The Morgan fingerprint density at radius 3 is 2.85 bits per heavy atom. The highest BCUT2D eigenvalue weighted by atomic mass is 32.1. The van der Waals surface area contributed by atoms with Gasteiger partial charge in [0.25, 0.3) is 0 Å². The Bertz CT molecular complexity index is 161. The number of rotatable bonds is 0. The van der Waals surface area contributed by atoms with Gasteiger partial charge in [-0.05, 0) is 44.7 Å². The van der Waals surface area contributed by atoms with Crippen molar-refractivity contribution < 1.29 is 0 Å². The lowest BCUT2D eigenvalue weighted by molar-refractivity contribution is 0.265. The molecule has 2 atom stereocenters. The van der Waals surface area contributed by atoms with Gasteiger partial charge in [0.1, 0.15) is 0 Å². The predicted octanol–water partition coefficient (Wildman–Crippen LogP) is 1.69. The second-order valence-corrected chi connectivity index (χ2v) is 4.83. The molecule has 2 rings (SSSR count). The molecule has 0 saturated carbocycles. The summed E-state index contributed by atoms with van der Waals surface area (Å²) in [5.41, 5.74) is 0. The van der Waals surface area contributed by atoms with Gasteiger partial charge in [-0.25, -0.2) is 4.31 Å². The lowest BCUT2D eigenvalue weighted by Gasteiger charge is -2.29. The lowest BCUT2D eigenvalue weighted by atomic mass is 9.91. The molecular weight excluding hydrogens is 180 g/mol. The maximum atomic E-state index is 4.61. The summed E-state index contributed by atoms with van der Waals surface area (Å²) in [6, 6.07) is 0.737. The summed E-state index contributed by atoms with van der Waals surface area (Å²) in [4.78, 5) is 0. The fraction of sp³-hybridized carbons (Fsp3) is 1.00. The number of nitrogens with zero attached hydrogens (tertiary/aromatic N) is 1. The van der Waals surface area contributed by atoms with E-state index < -0.39 is 0 Å². The first-order chi connectivity index (χ1) is 6.38. The maximum absolute atomic E-state index is 4.61. The van der Waals surface area contributed by atoms with Crippen molar-refractivity contribution in [3.8, 4) is 0 Å². The Morgan fingerprint density at radius 1 is 1.08 bits per heavy atom. The molecule has 0 aromatic rings. The fourth-order valence-corrected chi connectivity index (χ4v) is 3.11. The summed E-state index contributed by atoms with van der Waals surface area (Å²) >= 11 is 4.61. The van der Waals surface area contributed by atoms with Gasteiger partial charge < -0.3 is 5.32 Å². The minimum absolute atomic E-state index is 0.737. The van der Waals surface area contributed by atoms with Crippen molar-refractivity contribution in [2.45, 2.75) is 38.1 Å². The minimum atomic E-state index is 0.737. The standard InChI is InChI=1S/C10H20N2S/c13-12-8-2-1-3-9-4-6-11-7-5-10(9)12/h9-11,13H,1-8H2. The average molecular weight is 200 g/mol. The fourth-order valence-electron chi connectivity index (χ4n) is 2.67. The third-order valence-corrected chi connectivity index (χ3v) is 3.94. The van der Waals surface area contributed by atoms with Crippen LogP contribution >= 0.6 is 12.8 Å². The topological polar surface area (TPSA) is 15.3 Å². The first-order valence-corrected chi connectivity index (χ1v) is 5.94. The van der Waals surface area contributed by atoms with E-state index in [1.807, 2.05) is 0 Å². The van der Waals surface area contributed by atoms with Gasteiger partial charge in [-0.2, -0.15) is 0 Å². The highest BCUT2D eigenvalue weighted by Crippen LogP contribution is 2.29. The molecule has 3 heteroatoms. The van der Waals surface area contributed by atoms with Crippen LogP contribution < -0.4 is 5.32 Å². The van der Waals surface area contributed by atoms with Crippen LogP contribution in [0.25, 0.3) is 0 Å². The second kappa shape index (κ2) is 4.67. The maximum Gasteiger partial charge on any atom is 0.0241 e. The van der Waals surface area contributed by atoms with Gasteiger partial charge in [-0.15, -0.1) is 0 Å². The Labute approximate surface area is 86.6 Å². The zero-order chi connectivity index (χ0) is 9.10. The molecule has 2 fully saturated rings. The molecule has 1 N–H and O–H groups in total. The Morgan fingerprint density at radius 2 is 1.92 bits per heavy atom. The van der Waals surface area contributed by atoms with E-state index in [0.29, 0.717) is 0 Å². The highest BCUT2D eigenvalue weighted by molar-refractivity contribution is 7.77. The number of nitrogens with one attached hydrogen (secondary N) is 1. The van der Waals surface area contributed by atoms with Crippen LogP contribution in [-0.2, 0) is 0 Å². The molecule has 76 valence electrons. The number of hydrogen-bond acceptors (Lipinski definition) is 3. The molecule has 0 amide bonds. The van der Waals surface area contributed by atoms with Gasteiger partial charge in [-0.1, -0.05) is 19.2 Å². The van der Waals surface area contributed by atoms with E-state index in [9.17, 15) is 0 Å². The molecule has 0 aromatic heterocycles. The first kappa shape index (κ1) is 9.81. The molecule has 2 unspecified atom stereocenters. The van der Waals surface area contributed by atoms with Crippen LogP contribution in [0.15, 0.2) is 0 Å². The monoisotopic (exact) mass is 200 g/mol. The molecule has 2 heterocycles. The number of hydrogen-bond donors (Lipinski definition) is 2. The van der Waals surface area contributed by atoms with Crippen molar-refractivity contribution in [3.63, 3.8) is 0 Å². The van der Waals surface area contributed by atoms with Crippen LogP contribution in [0.1, 0.15) is 32.1 Å². The van der Waals surface area contributed by atoms with Crippen LogP contribution in [0, 0.1) is 5.92 Å². The molecule has 2 saturated heterocycles. The SMILES string of the molecule is SN1CCCCC2CCNCCC21. The van der Waals surface area contributed by atoms with Crippen LogP contribution in [0.2, 0.25) is 0 Å². The van der Waals surface area contributed by atoms with Crippen molar-refractivity contribution in [3.05, 3.63) is 0 Å². The van der Waals surface area contributed by atoms with E-state index in [0.717, 1.165) is 12.0 Å². The second-order valence-electron chi connectivity index (χ2n) is 4.31. The Kier molecular flexibility index (Phi) is 3.52. The largest absolute Gasteiger partial charge is 0.317 e. The molecule has 2 aliphatic rings. The average Bonchev–Trinajstić information content (AvgIpc) is 2.43. The van der Waals surface area contributed by atoms with Crippen molar-refractivity contribution in [2.75, 3.05) is 19.6 Å². The normalized spacial score (nSPS) is 37.6. The van der Waals surface area contributed by atoms with E-state index in [1.165, 1.54) is 51.7 Å². The molecule has 2 aliphatic heterocycles. The predicted molar refractivity (Wildman–Crippen MR) is 58.9 cm³/mol. The van der Waals surface area contributed by atoms with Crippen molar-refractivity contribution in [1.82, 2.24) is 9.62 Å². The molecular formula is C10H20N2S. The zero-order valence-corrected chi connectivity index (χ0v) is 9.10. The Balaban J connectivity index is 2.03. The third kappa shape index (κ3) is 2.39. The van der Waals surface area contributed by atoms with Crippen molar-refractivity contribution in [1.29, 1.82) is 0 Å². The summed E-state index contributed by atoms with van der Waals surface area (Å²) in [6.07, 6.45) is 6.79. The highest BCUT2D eigenvalue weighted by Gasteiger charge is 2.28. The van der Waals surface area contributed by atoms with Gasteiger partial charge in [0.05, 0.1) is 0 Å². The van der Waals surface area contributed by atoms with Gasteiger partial charge in [0.15, 0.2) is 0 Å². The number of fused-ring (bicyclic) bond motifs is 1.